The Balaban J connectivity index is 1.65. The van der Waals surface area contributed by atoms with E-state index in [4.69, 9.17) is 5.73 Å². The number of rotatable bonds is 5. The van der Waals surface area contributed by atoms with Crippen molar-refractivity contribution in [2.75, 3.05) is 26.2 Å². The van der Waals surface area contributed by atoms with Crippen LogP contribution in [0, 0.1) is 5.92 Å². The summed E-state index contributed by atoms with van der Waals surface area (Å²) in [5.74, 6) is -0.207. The highest BCUT2D eigenvalue weighted by Gasteiger charge is 2.28. The number of piperidine rings is 1. The van der Waals surface area contributed by atoms with Crippen LogP contribution in [0.5, 0.6) is 0 Å². The number of imidazole rings is 1. The summed E-state index contributed by atoms with van der Waals surface area (Å²) in [6.07, 6.45) is 6.92. The lowest BCUT2D eigenvalue weighted by atomic mass is 9.96. The average molecular weight is 341 g/mol. The molecule has 0 aliphatic carbocycles. The van der Waals surface area contributed by atoms with Crippen LogP contribution in [0.15, 0.2) is 43.0 Å². The number of hydrogen-bond acceptors (Lipinski definition) is 4. The minimum absolute atomic E-state index is 0.0154. The second kappa shape index (κ2) is 7.94. The first kappa shape index (κ1) is 17.2. The molecule has 25 heavy (non-hydrogen) atoms. The van der Waals surface area contributed by atoms with Crippen LogP contribution in [-0.2, 0) is 4.79 Å². The topological polar surface area (TPSA) is 93.3 Å². The summed E-state index contributed by atoms with van der Waals surface area (Å²) in [7, 11) is 0. The van der Waals surface area contributed by atoms with Crippen molar-refractivity contribution in [3.63, 3.8) is 0 Å². The standard InChI is InChI=1S/C18H23N5O2/c19-7-8-21-17(24)15-2-1-10-22(12-15)18(25)14-3-5-16(6-4-14)23-11-9-20-13-23/h3-6,9,11,13,15H,1-2,7-8,10,12,19H2,(H,21,24). The minimum Gasteiger partial charge on any atom is -0.355 e. The summed E-state index contributed by atoms with van der Waals surface area (Å²) < 4.78 is 1.88. The molecule has 0 radical (unpaired) electrons. The summed E-state index contributed by atoms with van der Waals surface area (Å²) in [5, 5.41) is 2.81. The minimum atomic E-state index is -0.158. The second-order valence-corrected chi connectivity index (χ2v) is 6.19. The van der Waals surface area contributed by atoms with Gasteiger partial charge in [-0.05, 0) is 37.1 Å². The van der Waals surface area contributed by atoms with Gasteiger partial charge in [0.25, 0.3) is 5.91 Å². The first-order valence-electron chi connectivity index (χ1n) is 8.54. The van der Waals surface area contributed by atoms with Gasteiger partial charge in [0.1, 0.15) is 0 Å². The lowest BCUT2D eigenvalue weighted by Gasteiger charge is -2.32. The van der Waals surface area contributed by atoms with Crippen molar-refractivity contribution >= 4 is 11.8 Å². The van der Waals surface area contributed by atoms with Crippen molar-refractivity contribution in [2.45, 2.75) is 12.8 Å². The first-order chi connectivity index (χ1) is 12.2. The third-order valence-electron chi connectivity index (χ3n) is 4.44. The molecule has 1 aromatic heterocycles. The summed E-state index contributed by atoms with van der Waals surface area (Å²) >= 11 is 0. The van der Waals surface area contributed by atoms with Crippen LogP contribution in [0.4, 0.5) is 0 Å². The fraction of sp³-hybridized carbons (Fsp3) is 0.389. The highest BCUT2D eigenvalue weighted by Crippen LogP contribution is 2.19. The molecule has 0 spiro atoms. The van der Waals surface area contributed by atoms with Gasteiger partial charge >= 0.3 is 0 Å². The van der Waals surface area contributed by atoms with Crippen molar-refractivity contribution in [3.8, 4) is 5.69 Å². The number of nitrogens with one attached hydrogen (secondary N) is 1. The van der Waals surface area contributed by atoms with Gasteiger partial charge in [-0.3, -0.25) is 9.59 Å². The number of likely N-dealkylation sites (tertiary alicyclic amines) is 1. The van der Waals surface area contributed by atoms with Gasteiger partial charge in [0.15, 0.2) is 0 Å². The number of carbonyl (C=O) groups excluding carboxylic acids is 2. The number of hydrogen-bond donors (Lipinski definition) is 2. The Morgan fingerprint density at radius 2 is 2.08 bits per heavy atom. The Morgan fingerprint density at radius 3 is 2.76 bits per heavy atom. The first-order valence-corrected chi connectivity index (χ1v) is 8.54. The van der Waals surface area contributed by atoms with Gasteiger partial charge in [0.2, 0.25) is 5.91 Å². The van der Waals surface area contributed by atoms with E-state index in [-0.39, 0.29) is 17.7 Å². The Labute approximate surface area is 146 Å². The maximum absolute atomic E-state index is 12.7. The zero-order valence-electron chi connectivity index (χ0n) is 14.1. The van der Waals surface area contributed by atoms with Crippen LogP contribution in [-0.4, -0.2) is 52.4 Å². The van der Waals surface area contributed by atoms with Gasteiger partial charge in [-0.25, -0.2) is 4.98 Å². The summed E-state index contributed by atoms with van der Waals surface area (Å²) in [4.78, 5) is 30.6. The third kappa shape index (κ3) is 4.06. The highest BCUT2D eigenvalue weighted by molar-refractivity contribution is 5.95. The number of nitrogens with zero attached hydrogens (tertiary/aromatic N) is 3. The molecule has 132 valence electrons. The molecular formula is C18H23N5O2. The van der Waals surface area contributed by atoms with Crippen LogP contribution in [0.1, 0.15) is 23.2 Å². The molecule has 3 N–H and O–H groups in total. The molecule has 1 aliphatic heterocycles. The van der Waals surface area contributed by atoms with E-state index in [2.05, 4.69) is 10.3 Å². The van der Waals surface area contributed by atoms with Crippen LogP contribution < -0.4 is 11.1 Å². The predicted octanol–water partition coefficient (Wildman–Crippen LogP) is 0.799. The van der Waals surface area contributed by atoms with Crippen LogP contribution in [0.3, 0.4) is 0 Å². The molecule has 0 saturated carbocycles. The zero-order chi connectivity index (χ0) is 17.6. The highest BCUT2D eigenvalue weighted by atomic mass is 16.2. The van der Waals surface area contributed by atoms with Gasteiger partial charge < -0.3 is 20.5 Å². The van der Waals surface area contributed by atoms with E-state index in [1.54, 1.807) is 17.4 Å². The zero-order valence-corrected chi connectivity index (χ0v) is 14.1. The van der Waals surface area contributed by atoms with E-state index in [0.29, 0.717) is 31.7 Å². The van der Waals surface area contributed by atoms with Crippen molar-refractivity contribution < 1.29 is 9.59 Å². The molecule has 1 aromatic carbocycles. The SMILES string of the molecule is NCCNC(=O)C1CCCN(C(=O)c2ccc(-n3ccnc3)cc2)C1. The molecule has 2 amide bonds. The van der Waals surface area contributed by atoms with Gasteiger partial charge in [-0.15, -0.1) is 0 Å². The summed E-state index contributed by atoms with van der Waals surface area (Å²) in [6, 6.07) is 7.42. The Hall–Kier alpha value is -2.67. The molecule has 1 fully saturated rings. The number of carbonyl (C=O) groups is 2. The lowest BCUT2D eigenvalue weighted by Crippen LogP contribution is -2.46. The van der Waals surface area contributed by atoms with Crippen LogP contribution in [0.25, 0.3) is 5.69 Å². The molecule has 2 heterocycles. The quantitative estimate of drug-likeness (QED) is 0.841. The Morgan fingerprint density at radius 1 is 1.28 bits per heavy atom. The Kier molecular flexibility index (Phi) is 5.45. The van der Waals surface area contributed by atoms with Gasteiger partial charge in [-0.1, -0.05) is 0 Å². The van der Waals surface area contributed by atoms with Crippen molar-refractivity contribution in [3.05, 3.63) is 48.5 Å². The molecule has 7 nitrogen and oxygen atoms in total. The van der Waals surface area contributed by atoms with E-state index >= 15 is 0 Å². The fourth-order valence-corrected chi connectivity index (χ4v) is 3.09. The molecule has 1 aliphatic rings. The summed E-state index contributed by atoms with van der Waals surface area (Å²) in [5.41, 5.74) is 7.00. The van der Waals surface area contributed by atoms with Gasteiger partial charge in [0.05, 0.1) is 12.2 Å². The van der Waals surface area contributed by atoms with Crippen LogP contribution >= 0.6 is 0 Å². The third-order valence-corrected chi connectivity index (χ3v) is 4.44. The average Bonchev–Trinajstić information content (AvgIpc) is 3.20. The van der Waals surface area contributed by atoms with Gasteiger partial charge in [0, 0.05) is 49.8 Å². The molecule has 7 heteroatoms. The molecule has 0 bridgehead atoms. The van der Waals surface area contributed by atoms with E-state index < -0.39 is 0 Å². The molecule has 1 saturated heterocycles. The number of benzene rings is 1. The van der Waals surface area contributed by atoms with E-state index in [9.17, 15) is 9.59 Å². The van der Waals surface area contributed by atoms with Crippen molar-refractivity contribution in [1.29, 1.82) is 0 Å². The van der Waals surface area contributed by atoms with E-state index in [1.165, 1.54) is 0 Å². The normalized spacial score (nSPS) is 17.3. The molecular weight excluding hydrogens is 318 g/mol. The van der Waals surface area contributed by atoms with Crippen molar-refractivity contribution in [1.82, 2.24) is 19.8 Å². The molecule has 3 rings (SSSR count). The fourth-order valence-electron chi connectivity index (χ4n) is 3.09. The maximum Gasteiger partial charge on any atom is 0.253 e. The molecule has 1 unspecified atom stereocenters. The molecule has 2 aromatic rings. The Bertz CT molecular complexity index is 712. The molecule has 1 atom stereocenters. The van der Waals surface area contributed by atoms with Crippen LogP contribution in [0.2, 0.25) is 0 Å². The second-order valence-electron chi connectivity index (χ2n) is 6.19. The van der Waals surface area contributed by atoms with E-state index in [1.807, 2.05) is 35.0 Å². The number of nitrogens with two attached hydrogens (primary N) is 1. The van der Waals surface area contributed by atoms with Crippen molar-refractivity contribution in [2.24, 2.45) is 11.7 Å². The predicted molar refractivity (Wildman–Crippen MR) is 94.3 cm³/mol. The number of amides is 2. The number of aromatic nitrogens is 2. The smallest absolute Gasteiger partial charge is 0.253 e. The maximum atomic E-state index is 12.7. The largest absolute Gasteiger partial charge is 0.355 e. The van der Waals surface area contributed by atoms with E-state index in [0.717, 1.165) is 18.5 Å². The monoisotopic (exact) mass is 341 g/mol. The van der Waals surface area contributed by atoms with Gasteiger partial charge in [-0.2, -0.15) is 0 Å². The lowest BCUT2D eigenvalue weighted by molar-refractivity contribution is -0.126. The summed E-state index contributed by atoms with van der Waals surface area (Å²) in [6.45, 7) is 2.03.